The lowest BCUT2D eigenvalue weighted by Crippen LogP contribution is -2.29. The van der Waals surface area contributed by atoms with Gasteiger partial charge in [0.25, 0.3) is 5.78 Å². The molecule has 1 fully saturated rings. The van der Waals surface area contributed by atoms with E-state index < -0.39 is 0 Å². The highest BCUT2D eigenvalue weighted by Crippen LogP contribution is 2.20. The Kier molecular flexibility index (Phi) is 3.76. The van der Waals surface area contributed by atoms with E-state index in [2.05, 4.69) is 39.1 Å². The Morgan fingerprint density at radius 2 is 2.35 bits per heavy atom. The summed E-state index contributed by atoms with van der Waals surface area (Å²) in [6.07, 6.45) is 2.71. The van der Waals surface area contributed by atoms with Crippen molar-refractivity contribution in [2.45, 2.75) is 26.3 Å². The van der Waals surface area contributed by atoms with Crippen molar-refractivity contribution in [2.24, 2.45) is 5.92 Å². The first-order valence-corrected chi connectivity index (χ1v) is 7.35. The largest absolute Gasteiger partial charge is 0.369 e. The van der Waals surface area contributed by atoms with Crippen LogP contribution in [0.25, 0.3) is 5.78 Å². The van der Waals surface area contributed by atoms with Gasteiger partial charge in [0, 0.05) is 25.2 Å². The van der Waals surface area contributed by atoms with Crippen LogP contribution in [0.3, 0.4) is 0 Å². The Hall–Kier alpha value is -1.40. The zero-order valence-electron chi connectivity index (χ0n) is 11.8. The number of anilines is 1. The van der Waals surface area contributed by atoms with E-state index in [0.717, 1.165) is 18.9 Å². The summed E-state index contributed by atoms with van der Waals surface area (Å²) in [5.41, 5.74) is 0. The van der Waals surface area contributed by atoms with Crippen LogP contribution in [-0.2, 0) is 0 Å². The molecule has 0 aromatic carbocycles. The third-order valence-electron chi connectivity index (χ3n) is 3.84. The number of hydrogen-bond acceptors (Lipinski definition) is 5. The summed E-state index contributed by atoms with van der Waals surface area (Å²) >= 11 is 6.00. The van der Waals surface area contributed by atoms with E-state index in [1.165, 1.54) is 19.3 Å². The molecule has 2 aromatic rings. The van der Waals surface area contributed by atoms with E-state index in [1.54, 1.807) is 10.6 Å². The second-order valence-corrected chi connectivity index (χ2v) is 5.95. The summed E-state index contributed by atoms with van der Waals surface area (Å²) in [7, 11) is 0. The lowest BCUT2D eigenvalue weighted by atomic mass is 10.1. The van der Waals surface area contributed by atoms with Crippen molar-refractivity contribution in [1.29, 1.82) is 0 Å². The molecule has 1 saturated heterocycles. The zero-order valence-corrected chi connectivity index (χ0v) is 12.5. The van der Waals surface area contributed by atoms with Crippen molar-refractivity contribution >= 4 is 23.2 Å². The Morgan fingerprint density at radius 1 is 1.50 bits per heavy atom. The molecule has 20 heavy (non-hydrogen) atoms. The molecule has 1 N–H and O–H groups in total. The molecule has 1 aliphatic rings. The van der Waals surface area contributed by atoms with E-state index in [-0.39, 0.29) is 0 Å². The molecule has 1 aliphatic heterocycles. The van der Waals surface area contributed by atoms with Crippen LogP contribution < -0.4 is 5.32 Å². The summed E-state index contributed by atoms with van der Waals surface area (Å²) in [6, 6.07) is 2.41. The minimum absolute atomic E-state index is 0.434. The van der Waals surface area contributed by atoms with Gasteiger partial charge in [-0.05, 0) is 32.7 Å². The van der Waals surface area contributed by atoms with Gasteiger partial charge in [0.05, 0.1) is 0 Å². The highest BCUT2D eigenvalue weighted by Gasteiger charge is 2.24. The van der Waals surface area contributed by atoms with Crippen LogP contribution in [0.15, 0.2) is 12.4 Å². The number of halogens is 1. The first-order valence-electron chi connectivity index (χ1n) is 6.97. The van der Waals surface area contributed by atoms with Crippen molar-refractivity contribution in [3.05, 3.63) is 17.5 Å². The van der Waals surface area contributed by atoms with Gasteiger partial charge in [-0.25, -0.2) is 0 Å². The molecule has 7 heteroatoms. The molecular formula is C13H19ClN6. The fourth-order valence-electron chi connectivity index (χ4n) is 2.66. The third kappa shape index (κ3) is 2.71. The number of nitrogens with one attached hydrogen (secondary N) is 1. The van der Waals surface area contributed by atoms with Crippen molar-refractivity contribution < 1.29 is 0 Å². The monoisotopic (exact) mass is 294 g/mol. The van der Waals surface area contributed by atoms with E-state index in [0.29, 0.717) is 22.9 Å². The van der Waals surface area contributed by atoms with Crippen molar-refractivity contribution in [3.63, 3.8) is 0 Å². The average molecular weight is 295 g/mol. The molecule has 0 amide bonds. The second kappa shape index (κ2) is 5.54. The highest BCUT2D eigenvalue weighted by atomic mass is 35.5. The Balaban J connectivity index is 1.67. The van der Waals surface area contributed by atoms with Gasteiger partial charge in [0.1, 0.15) is 17.3 Å². The van der Waals surface area contributed by atoms with Crippen LogP contribution >= 0.6 is 11.6 Å². The Morgan fingerprint density at radius 3 is 3.10 bits per heavy atom. The van der Waals surface area contributed by atoms with Crippen LogP contribution in [0, 0.1) is 5.92 Å². The van der Waals surface area contributed by atoms with Gasteiger partial charge in [0.15, 0.2) is 0 Å². The van der Waals surface area contributed by atoms with Gasteiger partial charge in [0.2, 0.25) is 0 Å². The van der Waals surface area contributed by atoms with Crippen molar-refractivity contribution in [2.75, 3.05) is 25.0 Å². The number of nitrogens with zero attached hydrogens (tertiary/aromatic N) is 5. The topological polar surface area (TPSA) is 58.3 Å². The molecule has 108 valence electrons. The van der Waals surface area contributed by atoms with E-state index in [9.17, 15) is 0 Å². The summed E-state index contributed by atoms with van der Waals surface area (Å²) in [5, 5.41) is 8.02. The number of rotatable bonds is 4. The smallest absolute Gasteiger partial charge is 0.255 e. The van der Waals surface area contributed by atoms with Crippen molar-refractivity contribution in [1.82, 2.24) is 24.5 Å². The van der Waals surface area contributed by atoms with Gasteiger partial charge in [-0.2, -0.15) is 19.6 Å². The number of aromatic nitrogens is 4. The summed E-state index contributed by atoms with van der Waals surface area (Å²) < 4.78 is 1.68. The summed E-state index contributed by atoms with van der Waals surface area (Å²) in [5.74, 6) is 2.03. The third-order valence-corrected chi connectivity index (χ3v) is 4.03. The Labute approximate surface area is 123 Å². The standard InChI is InChI=1S/C13H19ClN6/c1-9(2)19-4-3-10(7-19)6-15-12-5-11(14)18-13-16-8-17-20(12)13/h5,8-10,15H,3-4,6-7H2,1-2H3. The van der Waals surface area contributed by atoms with E-state index in [4.69, 9.17) is 11.6 Å². The molecule has 0 aliphatic carbocycles. The number of fused-ring (bicyclic) bond motifs is 1. The van der Waals surface area contributed by atoms with Crippen molar-refractivity contribution in [3.8, 4) is 0 Å². The quantitative estimate of drug-likeness (QED) is 0.873. The van der Waals surface area contributed by atoms with Gasteiger partial charge in [-0.1, -0.05) is 11.6 Å². The second-order valence-electron chi connectivity index (χ2n) is 5.56. The molecule has 1 unspecified atom stereocenters. The fourth-order valence-corrected chi connectivity index (χ4v) is 2.84. The molecule has 1 atom stereocenters. The summed E-state index contributed by atoms with van der Waals surface area (Å²) in [4.78, 5) is 10.7. The maximum atomic E-state index is 6.00. The fraction of sp³-hybridized carbons (Fsp3) is 0.615. The first-order chi connectivity index (χ1) is 9.63. The van der Waals surface area contributed by atoms with Gasteiger partial charge in [-0.3, -0.25) is 0 Å². The number of likely N-dealkylation sites (tertiary alicyclic amines) is 1. The van der Waals surface area contributed by atoms with Gasteiger partial charge < -0.3 is 10.2 Å². The predicted molar refractivity (Wildman–Crippen MR) is 79.1 cm³/mol. The average Bonchev–Trinajstić information content (AvgIpc) is 3.04. The van der Waals surface area contributed by atoms with E-state index in [1.807, 2.05) is 0 Å². The molecule has 3 heterocycles. The minimum Gasteiger partial charge on any atom is -0.369 e. The van der Waals surface area contributed by atoms with Gasteiger partial charge in [-0.15, -0.1) is 0 Å². The van der Waals surface area contributed by atoms with Gasteiger partial charge >= 0.3 is 0 Å². The normalized spacial score (nSPS) is 20.1. The minimum atomic E-state index is 0.434. The Bertz CT molecular complexity index is 596. The lowest BCUT2D eigenvalue weighted by Gasteiger charge is -2.20. The molecule has 0 radical (unpaired) electrons. The zero-order chi connectivity index (χ0) is 14.1. The molecule has 6 nitrogen and oxygen atoms in total. The van der Waals surface area contributed by atoms with Crippen LogP contribution in [0.4, 0.5) is 5.82 Å². The van der Waals surface area contributed by atoms with Crippen LogP contribution in [0.2, 0.25) is 5.15 Å². The maximum absolute atomic E-state index is 6.00. The highest BCUT2D eigenvalue weighted by molar-refractivity contribution is 6.29. The molecule has 0 saturated carbocycles. The SMILES string of the molecule is CC(C)N1CCC(CNc2cc(Cl)nc3ncnn23)C1. The maximum Gasteiger partial charge on any atom is 0.255 e. The predicted octanol–water partition coefficient (Wildman–Crippen LogP) is 1.92. The summed E-state index contributed by atoms with van der Waals surface area (Å²) in [6.45, 7) is 7.73. The molecule has 0 bridgehead atoms. The van der Waals surface area contributed by atoms with Crippen LogP contribution in [0.5, 0.6) is 0 Å². The molecule has 2 aromatic heterocycles. The number of hydrogen-bond donors (Lipinski definition) is 1. The van der Waals surface area contributed by atoms with E-state index >= 15 is 0 Å². The first kappa shape index (κ1) is 13.6. The lowest BCUT2D eigenvalue weighted by molar-refractivity contribution is 0.266. The van der Waals surface area contributed by atoms with Crippen LogP contribution in [-0.4, -0.2) is 50.2 Å². The molecule has 3 rings (SSSR count). The molecular weight excluding hydrogens is 276 g/mol. The van der Waals surface area contributed by atoms with Crippen LogP contribution in [0.1, 0.15) is 20.3 Å². The molecule has 0 spiro atoms.